The van der Waals surface area contributed by atoms with Gasteiger partial charge in [-0.05, 0) is 81.0 Å². The first-order valence-corrected chi connectivity index (χ1v) is 12.4. The number of carbonyl (C=O) groups excluding carboxylic acids is 1. The Morgan fingerprint density at radius 3 is 2.00 bits per heavy atom. The molecule has 0 unspecified atom stereocenters. The summed E-state index contributed by atoms with van der Waals surface area (Å²) in [5, 5.41) is 3.44. The molecule has 6 heteroatoms. The standard InChI is InChI=1S/C20H34N2O3S/c1-3-18(20-11-14-8-15(12-20)10-16(9-14)13-20)21-19(23)17-4-6-22(7-5-17)26(2,24)25/h14-18H,3-13H2,1-2H3,(H,21,23)/t14?,15?,16?,18-,20?/m0/s1. The molecule has 0 spiro atoms. The summed E-state index contributed by atoms with van der Waals surface area (Å²) < 4.78 is 24.9. The fourth-order valence-corrected chi connectivity index (χ4v) is 7.91. The average Bonchev–Trinajstić information content (AvgIpc) is 2.57. The Labute approximate surface area is 158 Å². The van der Waals surface area contributed by atoms with E-state index < -0.39 is 10.0 Å². The fourth-order valence-electron chi connectivity index (χ4n) is 7.03. The van der Waals surface area contributed by atoms with Gasteiger partial charge >= 0.3 is 0 Å². The monoisotopic (exact) mass is 382 g/mol. The smallest absolute Gasteiger partial charge is 0.223 e. The van der Waals surface area contributed by atoms with Crippen molar-refractivity contribution in [2.75, 3.05) is 19.3 Å². The summed E-state index contributed by atoms with van der Waals surface area (Å²) in [5.74, 6) is 2.82. The second-order valence-corrected chi connectivity index (χ2v) is 11.7. The first-order chi connectivity index (χ1) is 12.3. The highest BCUT2D eigenvalue weighted by atomic mass is 32.2. The van der Waals surface area contributed by atoms with Gasteiger partial charge in [-0.25, -0.2) is 12.7 Å². The minimum atomic E-state index is -3.13. The number of amides is 1. The van der Waals surface area contributed by atoms with Crippen molar-refractivity contribution >= 4 is 15.9 Å². The number of hydrogen-bond acceptors (Lipinski definition) is 3. The zero-order chi connectivity index (χ0) is 18.5. The van der Waals surface area contributed by atoms with Gasteiger partial charge in [0.1, 0.15) is 0 Å². The second kappa shape index (κ2) is 6.77. The van der Waals surface area contributed by atoms with Crippen LogP contribution in [0.15, 0.2) is 0 Å². The molecule has 4 bridgehead atoms. The van der Waals surface area contributed by atoms with E-state index in [0.29, 0.717) is 37.4 Å². The summed E-state index contributed by atoms with van der Waals surface area (Å²) in [4.78, 5) is 12.9. The van der Waals surface area contributed by atoms with E-state index in [-0.39, 0.29) is 11.8 Å². The molecule has 1 aliphatic heterocycles. The summed E-state index contributed by atoms with van der Waals surface area (Å²) in [6.07, 6.45) is 11.8. The zero-order valence-corrected chi connectivity index (χ0v) is 17.1. The number of sulfonamides is 1. The number of rotatable bonds is 5. The second-order valence-electron chi connectivity index (χ2n) is 9.69. The van der Waals surface area contributed by atoms with Crippen LogP contribution in [0.4, 0.5) is 0 Å². The normalized spacial score (nSPS) is 39.1. The van der Waals surface area contributed by atoms with E-state index in [2.05, 4.69) is 12.2 Å². The van der Waals surface area contributed by atoms with Gasteiger partial charge in [-0.2, -0.15) is 0 Å². The molecule has 0 aromatic rings. The summed E-state index contributed by atoms with van der Waals surface area (Å²) >= 11 is 0. The van der Waals surface area contributed by atoms with Crippen molar-refractivity contribution in [3.05, 3.63) is 0 Å². The highest BCUT2D eigenvalue weighted by Crippen LogP contribution is 2.61. The van der Waals surface area contributed by atoms with E-state index in [9.17, 15) is 13.2 Å². The van der Waals surface area contributed by atoms with Crippen LogP contribution in [0.3, 0.4) is 0 Å². The van der Waals surface area contributed by atoms with Crippen LogP contribution in [0.2, 0.25) is 0 Å². The highest BCUT2D eigenvalue weighted by Gasteiger charge is 2.54. The Kier molecular flexibility index (Phi) is 4.87. The molecular weight excluding hydrogens is 348 g/mol. The third-order valence-electron chi connectivity index (χ3n) is 7.84. The summed E-state index contributed by atoms with van der Waals surface area (Å²) in [5.41, 5.74) is 0.340. The van der Waals surface area contributed by atoms with Crippen molar-refractivity contribution < 1.29 is 13.2 Å². The van der Waals surface area contributed by atoms with E-state index in [1.807, 2.05) is 0 Å². The van der Waals surface area contributed by atoms with Crippen LogP contribution in [0.5, 0.6) is 0 Å². The number of nitrogens with one attached hydrogen (secondary N) is 1. The maximum absolute atomic E-state index is 12.9. The Bertz CT molecular complexity index is 617. The van der Waals surface area contributed by atoms with Crippen LogP contribution >= 0.6 is 0 Å². The largest absolute Gasteiger partial charge is 0.353 e. The quantitative estimate of drug-likeness (QED) is 0.795. The van der Waals surface area contributed by atoms with Gasteiger partial charge in [-0.3, -0.25) is 4.79 Å². The molecular formula is C20H34N2O3S. The molecule has 1 atom stereocenters. The Hall–Kier alpha value is -0.620. The van der Waals surface area contributed by atoms with Crippen molar-refractivity contribution in [3.8, 4) is 0 Å². The molecule has 0 aromatic heterocycles. The molecule has 0 aromatic carbocycles. The number of carbonyl (C=O) groups is 1. The predicted molar refractivity (Wildman–Crippen MR) is 102 cm³/mol. The lowest BCUT2D eigenvalue weighted by atomic mass is 9.47. The maximum Gasteiger partial charge on any atom is 0.223 e. The maximum atomic E-state index is 12.9. The van der Waals surface area contributed by atoms with Crippen LogP contribution in [-0.4, -0.2) is 44.0 Å². The van der Waals surface area contributed by atoms with Gasteiger partial charge in [-0.15, -0.1) is 0 Å². The Morgan fingerprint density at radius 2 is 1.58 bits per heavy atom. The molecule has 5 rings (SSSR count). The van der Waals surface area contributed by atoms with E-state index in [4.69, 9.17) is 0 Å². The molecule has 5 fully saturated rings. The summed E-state index contributed by atoms with van der Waals surface area (Å²) in [6.45, 7) is 3.17. The molecule has 0 radical (unpaired) electrons. The van der Waals surface area contributed by atoms with Gasteiger partial charge in [-0.1, -0.05) is 6.92 Å². The van der Waals surface area contributed by atoms with Crippen LogP contribution in [0, 0.1) is 29.1 Å². The van der Waals surface area contributed by atoms with E-state index in [1.165, 1.54) is 49.1 Å². The predicted octanol–water partition coefficient (Wildman–Crippen LogP) is 2.77. The molecule has 148 valence electrons. The van der Waals surface area contributed by atoms with Gasteiger partial charge in [0, 0.05) is 25.0 Å². The minimum Gasteiger partial charge on any atom is -0.353 e. The lowest BCUT2D eigenvalue weighted by Gasteiger charge is -2.59. The number of nitrogens with zero attached hydrogens (tertiary/aromatic N) is 1. The minimum absolute atomic E-state index is 0.0315. The first kappa shape index (κ1) is 18.7. The number of hydrogen-bond donors (Lipinski definition) is 1. The number of piperidine rings is 1. The van der Waals surface area contributed by atoms with Crippen LogP contribution in [0.1, 0.15) is 64.7 Å². The molecule has 1 saturated heterocycles. The molecule has 1 N–H and O–H groups in total. The van der Waals surface area contributed by atoms with E-state index >= 15 is 0 Å². The SMILES string of the molecule is CC[C@H](NC(=O)C1CCN(S(C)(=O)=O)CC1)C12CC3CC(CC(C3)C1)C2. The third kappa shape index (κ3) is 3.44. The van der Waals surface area contributed by atoms with Crippen LogP contribution in [-0.2, 0) is 14.8 Å². The third-order valence-corrected chi connectivity index (χ3v) is 9.15. The topological polar surface area (TPSA) is 66.5 Å². The van der Waals surface area contributed by atoms with Crippen molar-refractivity contribution in [1.29, 1.82) is 0 Å². The van der Waals surface area contributed by atoms with Crippen molar-refractivity contribution in [2.24, 2.45) is 29.1 Å². The highest BCUT2D eigenvalue weighted by molar-refractivity contribution is 7.88. The molecule has 1 heterocycles. The van der Waals surface area contributed by atoms with Gasteiger partial charge in [0.05, 0.1) is 6.26 Å². The van der Waals surface area contributed by atoms with Gasteiger partial charge in [0.2, 0.25) is 15.9 Å². The molecule has 4 saturated carbocycles. The lowest BCUT2D eigenvalue weighted by molar-refractivity contribution is -0.131. The van der Waals surface area contributed by atoms with Crippen molar-refractivity contribution in [1.82, 2.24) is 9.62 Å². The average molecular weight is 383 g/mol. The van der Waals surface area contributed by atoms with E-state index in [1.54, 1.807) is 0 Å². The van der Waals surface area contributed by atoms with Crippen LogP contribution < -0.4 is 5.32 Å². The van der Waals surface area contributed by atoms with Gasteiger partial charge < -0.3 is 5.32 Å². The Morgan fingerprint density at radius 1 is 1.08 bits per heavy atom. The molecule has 5 nitrogen and oxygen atoms in total. The summed E-state index contributed by atoms with van der Waals surface area (Å²) in [7, 11) is -3.13. The lowest BCUT2D eigenvalue weighted by Crippen LogP contribution is -2.57. The van der Waals surface area contributed by atoms with Gasteiger partial charge in [0.15, 0.2) is 0 Å². The zero-order valence-electron chi connectivity index (χ0n) is 16.2. The Balaban J connectivity index is 1.39. The van der Waals surface area contributed by atoms with Gasteiger partial charge in [0.25, 0.3) is 0 Å². The van der Waals surface area contributed by atoms with Crippen molar-refractivity contribution in [3.63, 3.8) is 0 Å². The fraction of sp³-hybridized carbons (Fsp3) is 0.950. The summed E-state index contributed by atoms with van der Waals surface area (Å²) in [6, 6.07) is 0.302. The molecule has 26 heavy (non-hydrogen) atoms. The molecule has 1 amide bonds. The molecule has 5 aliphatic rings. The van der Waals surface area contributed by atoms with E-state index in [0.717, 1.165) is 24.2 Å². The van der Waals surface area contributed by atoms with Crippen LogP contribution in [0.25, 0.3) is 0 Å². The molecule has 4 aliphatic carbocycles. The first-order valence-electron chi connectivity index (χ1n) is 10.5. The van der Waals surface area contributed by atoms with Crippen molar-refractivity contribution in [2.45, 2.75) is 70.8 Å².